The molecule has 0 saturated heterocycles. The standard InChI is InChI=1S/C14H10BrClN2S/c15-11-3-4-13(18)14(6-11)19-8-10-2-1-9(7-17)5-12(10)16/h1-6H,8,18H2. The summed E-state index contributed by atoms with van der Waals surface area (Å²) in [5.41, 5.74) is 8.23. The van der Waals surface area contributed by atoms with Crippen LogP contribution in [0.15, 0.2) is 45.8 Å². The van der Waals surface area contributed by atoms with Gasteiger partial charge in [0.2, 0.25) is 0 Å². The van der Waals surface area contributed by atoms with E-state index in [1.807, 2.05) is 24.3 Å². The molecule has 0 aliphatic heterocycles. The van der Waals surface area contributed by atoms with E-state index in [0.29, 0.717) is 16.3 Å². The third-order valence-corrected chi connectivity index (χ3v) is 4.51. The average molecular weight is 354 g/mol. The average Bonchev–Trinajstić information content (AvgIpc) is 2.40. The van der Waals surface area contributed by atoms with E-state index in [9.17, 15) is 0 Å². The third-order valence-electron chi connectivity index (χ3n) is 2.54. The van der Waals surface area contributed by atoms with Crippen LogP contribution in [0.1, 0.15) is 11.1 Å². The van der Waals surface area contributed by atoms with Crippen molar-refractivity contribution in [2.24, 2.45) is 0 Å². The van der Waals surface area contributed by atoms with E-state index < -0.39 is 0 Å². The minimum absolute atomic E-state index is 0.570. The van der Waals surface area contributed by atoms with Gasteiger partial charge in [0.15, 0.2) is 0 Å². The van der Waals surface area contributed by atoms with Gasteiger partial charge in [-0.2, -0.15) is 5.26 Å². The van der Waals surface area contributed by atoms with Gasteiger partial charge in [0.05, 0.1) is 11.6 Å². The lowest BCUT2D eigenvalue weighted by molar-refractivity contribution is 1.36. The predicted molar refractivity (Wildman–Crippen MR) is 84.3 cm³/mol. The van der Waals surface area contributed by atoms with Crippen LogP contribution < -0.4 is 5.73 Å². The van der Waals surface area contributed by atoms with Crippen LogP contribution in [0.25, 0.3) is 0 Å². The molecule has 0 aliphatic rings. The zero-order valence-corrected chi connectivity index (χ0v) is 13.0. The number of halogens is 2. The lowest BCUT2D eigenvalue weighted by atomic mass is 10.2. The first-order valence-corrected chi connectivity index (χ1v) is 7.62. The fourth-order valence-electron chi connectivity index (χ4n) is 1.52. The summed E-state index contributed by atoms with van der Waals surface area (Å²) in [4.78, 5) is 1.01. The van der Waals surface area contributed by atoms with Crippen molar-refractivity contribution in [3.8, 4) is 6.07 Å². The van der Waals surface area contributed by atoms with Crippen molar-refractivity contribution >= 4 is 45.0 Å². The van der Waals surface area contributed by atoms with Crippen LogP contribution in [-0.2, 0) is 5.75 Å². The Kier molecular flexibility index (Phi) is 4.76. The zero-order valence-electron chi connectivity index (χ0n) is 9.86. The molecule has 0 bridgehead atoms. The number of rotatable bonds is 3. The monoisotopic (exact) mass is 352 g/mol. The first kappa shape index (κ1) is 14.3. The second kappa shape index (κ2) is 6.33. The van der Waals surface area contributed by atoms with Gasteiger partial charge in [0, 0.05) is 25.8 Å². The number of nitrogen functional groups attached to an aromatic ring is 1. The highest BCUT2D eigenvalue weighted by molar-refractivity contribution is 9.10. The molecule has 0 radical (unpaired) electrons. The molecule has 0 spiro atoms. The van der Waals surface area contributed by atoms with Crippen molar-refractivity contribution in [3.63, 3.8) is 0 Å². The lowest BCUT2D eigenvalue weighted by Gasteiger charge is -2.07. The molecule has 0 aromatic heterocycles. The van der Waals surface area contributed by atoms with Crippen LogP contribution >= 0.6 is 39.3 Å². The summed E-state index contributed by atoms with van der Waals surface area (Å²) < 4.78 is 0.995. The Hall–Kier alpha value is -1.15. The second-order valence-electron chi connectivity index (χ2n) is 3.89. The van der Waals surface area contributed by atoms with E-state index in [1.165, 1.54) is 0 Å². The molecule has 0 aliphatic carbocycles. The van der Waals surface area contributed by atoms with Crippen molar-refractivity contribution in [3.05, 3.63) is 57.0 Å². The highest BCUT2D eigenvalue weighted by Gasteiger charge is 2.05. The van der Waals surface area contributed by atoms with Gasteiger partial charge in [0.1, 0.15) is 0 Å². The summed E-state index contributed by atoms with van der Waals surface area (Å²) in [6.07, 6.45) is 0. The summed E-state index contributed by atoms with van der Waals surface area (Å²) in [5, 5.41) is 9.40. The predicted octanol–water partition coefficient (Wildman–Crippen LogP) is 4.85. The molecule has 0 atom stereocenters. The minimum atomic E-state index is 0.570. The zero-order chi connectivity index (χ0) is 13.8. The molecular formula is C14H10BrClN2S. The molecule has 0 saturated carbocycles. The number of anilines is 1. The fraction of sp³-hybridized carbons (Fsp3) is 0.0714. The maximum atomic E-state index is 8.79. The molecule has 0 unspecified atom stereocenters. The van der Waals surface area contributed by atoms with Gasteiger partial charge in [-0.25, -0.2) is 0 Å². The van der Waals surface area contributed by atoms with Crippen molar-refractivity contribution in [2.45, 2.75) is 10.6 Å². The normalized spacial score (nSPS) is 10.2. The summed E-state index contributed by atoms with van der Waals surface area (Å²) in [6, 6.07) is 13.2. The molecule has 2 N–H and O–H groups in total. The van der Waals surface area contributed by atoms with E-state index in [0.717, 1.165) is 20.6 Å². The van der Waals surface area contributed by atoms with Gasteiger partial charge in [-0.05, 0) is 35.9 Å². The molecule has 96 valence electrons. The molecule has 0 amide bonds. The van der Waals surface area contributed by atoms with Gasteiger partial charge in [0.25, 0.3) is 0 Å². The molecule has 2 rings (SSSR count). The quantitative estimate of drug-likeness (QED) is 0.634. The smallest absolute Gasteiger partial charge is 0.0992 e. The van der Waals surface area contributed by atoms with Gasteiger partial charge in [-0.3, -0.25) is 0 Å². The van der Waals surface area contributed by atoms with E-state index in [-0.39, 0.29) is 0 Å². The molecule has 2 nitrogen and oxygen atoms in total. The first-order valence-electron chi connectivity index (χ1n) is 5.46. The number of nitrogens with zero attached hydrogens (tertiary/aromatic N) is 1. The number of hydrogen-bond acceptors (Lipinski definition) is 3. The van der Waals surface area contributed by atoms with Crippen molar-refractivity contribution < 1.29 is 0 Å². The minimum Gasteiger partial charge on any atom is -0.398 e. The van der Waals surface area contributed by atoms with Crippen LogP contribution in [0.2, 0.25) is 5.02 Å². The molecule has 0 fully saturated rings. The van der Waals surface area contributed by atoms with Crippen molar-refractivity contribution in [1.29, 1.82) is 5.26 Å². The van der Waals surface area contributed by atoms with E-state index in [2.05, 4.69) is 22.0 Å². The number of nitriles is 1. The van der Waals surface area contributed by atoms with Crippen LogP contribution in [-0.4, -0.2) is 0 Å². The summed E-state index contributed by atoms with van der Waals surface area (Å²) in [6.45, 7) is 0. The number of hydrogen-bond donors (Lipinski definition) is 1. The van der Waals surface area contributed by atoms with Gasteiger partial charge < -0.3 is 5.73 Å². The fourth-order valence-corrected chi connectivity index (χ4v) is 3.37. The van der Waals surface area contributed by atoms with Crippen LogP contribution in [0.3, 0.4) is 0 Å². The van der Waals surface area contributed by atoms with E-state index in [1.54, 1.807) is 23.9 Å². The molecule has 5 heteroatoms. The Balaban J connectivity index is 2.15. The summed E-state index contributed by atoms with van der Waals surface area (Å²) >= 11 is 11.2. The first-order chi connectivity index (χ1) is 9.10. The van der Waals surface area contributed by atoms with Crippen LogP contribution in [0.5, 0.6) is 0 Å². The highest BCUT2D eigenvalue weighted by atomic mass is 79.9. The van der Waals surface area contributed by atoms with E-state index >= 15 is 0 Å². The third kappa shape index (κ3) is 3.66. The summed E-state index contributed by atoms with van der Waals surface area (Å²) in [7, 11) is 0. The number of nitrogens with two attached hydrogens (primary N) is 1. The van der Waals surface area contributed by atoms with E-state index in [4.69, 9.17) is 22.6 Å². The Morgan fingerprint density at radius 2 is 2.05 bits per heavy atom. The maximum absolute atomic E-state index is 8.79. The molecule has 0 heterocycles. The van der Waals surface area contributed by atoms with Gasteiger partial charge >= 0.3 is 0 Å². The molecular weight excluding hydrogens is 344 g/mol. The Labute approximate surface area is 129 Å². The van der Waals surface area contributed by atoms with Crippen molar-refractivity contribution in [1.82, 2.24) is 0 Å². The summed E-state index contributed by atoms with van der Waals surface area (Å²) in [5.74, 6) is 0.713. The highest BCUT2D eigenvalue weighted by Crippen LogP contribution is 2.32. The SMILES string of the molecule is N#Cc1ccc(CSc2cc(Br)ccc2N)c(Cl)c1. The van der Waals surface area contributed by atoms with Crippen molar-refractivity contribution in [2.75, 3.05) is 5.73 Å². The van der Waals surface area contributed by atoms with Gasteiger partial charge in [-0.15, -0.1) is 11.8 Å². The molecule has 2 aromatic rings. The Morgan fingerprint density at radius 3 is 2.74 bits per heavy atom. The second-order valence-corrected chi connectivity index (χ2v) is 6.23. The van der Waals surface area contributed by atoms with Crippen LogP contribution in [0, 0.1) is 11.3 Å². The number of thioether (sulfide) groups is 1. The number of benzene rings is 2. The Morgan fingerprint density at radius 1 is 1.26 bits per heavy atom. The lowest BCUT2D eigenvalue weighted by Crippen LogP contribution is -1.90. The van der Waals surface area contributed by atoms with Gasteiger partial charge in [-0.1, -0.05) is 33.6 Å². The van der Waals surface area contributed by atoms with Crippen LogP contribution in [0.4, 0.5) is 5.69 Å². The topological polar surface area (TPSA) is 49.8 Å². The molecule has 19 heavy (non-hydrogen) atoms. The Bertz CT molecular complexity index is 652. The largest absolute Gasteiger partial charge is 0.398 e. The molecule has 2 aromatic carbocycles. The maximum Gasteiger partial charge on any atom is 0.0992 e.